The number of hydrogen-bond acceptors (Lipinski definition) is 7. The van der Waals surface area contributed by atoms with Crippen LogP contribution in [0.25, 0.3) is 9.88 Å². The first-order valence-electron chi connectivity index (χ1n) is 9.16. The molecule has 0 saturated carbocycles. The van der Waals surface area contributed by atoms with E-state index < -0.39 is 9.84 Å². The number of hydrogen-bond donors (Lipinski definition) is 0. The number of sulfone groups is 1. The van der Waals surface area contributed by atoms with Crippen molar-refractivity contribution < 1.29 is 13.2 Å². The first-order valence-corrected chi connectivity index (χ1v) is 12.7. The minimum atomic E-state index is -3.06. The summed E-state index contributed by atoms with van der Waals surface area (Å²) in [6.45, 7) is 7.23. The molecule has 0 N–H and O–H groups in total. The Balaban J connectivity index is 1.79. The molecule has 1 unspecified atom stereocenters. The molecule has 6 nitrogen and oxygen atoms in total. The number of nitrogens with zero attached hydrogens (tertiary/aromatic N) is 3. The first kappa shape index (κ1) is 20.4. The van der Waals surface area contributed by atoms with Crippen LogP contribution in [0.3, 0.4) is 0 Å². The second-order valence-electron chi connectivity index (χ2n) is 6.60. The van der Waals surface area contributed by atoms with Crippen LogP contribution in [0.5, 0.6) is 0 Å². The molecule has 3 rings (SSSR count). The molecule has 1 saturated heterocycles. The number of aromatic nitrogens is 1. The van der Waals surface area contributed by atoms with Crippen molar-refractivity contribution in [3.8, 4) is 9.88 Å². The molecule has 0 aromatic carbocycles. The van der Waals surface area contributed by atoms with E-state index in [0.717, 1.165) is 29.5 Å². The maximum absolute atomic E-state index is 13.2. The van der Waals surface area contributed by atoms with Crippen molar-refractivity contribution in [2.24, 2.45) is 0 Å². The normalized spacial score (nSPS) is 18.9. The highest BCUT2D eigenvalue weighted by Gasteiger charge is 2.35. The van der Waals surface area contributed by atoms with Gasteiger partial charge in [0.15, 0.2) is 9.84 Å². The van der Waals surface area contributed by atoms with Crippen molar-refractivity contribution in [3.05, 3.63) is 28.6 Å². The summed E-state index contributed by atoms with van der Waals surface area (Å²) in [6.07, 6.45) is 0.508. The van der Waals surface area contributed by atoms with E-state index in [2.05, 4.69) is 23.7 Å². The van der Waals surface area contributed by atoms with Crippen LogP contribution in [0.4, 0.5) is 0 Å². The lowest BCUT2D eigenvalue weighted by Gasteiger charge is -2.30. The van der Waals surface area contributed by atoms with Gasteiger partial charge in [-0.3, -0.25) is 4.79 Å². The molecule has 0 bridgehead atoms. The zero-order valence-electron chi connectivity index (χ0n) is 15.6. The van der Waals surface area contributed by atoms with Crippen LogP contribution in [-0.2, 0) is 9.84 Å². The molecule has 1 aliphatic heterocycles. The minimum Gasteiger partial charge on any atom is -0.332 e. The number of rotatable bonds is 8. The molecule has 0 aliphatic carbocycles. The van der Waals surface area contributed by atoms with Gasteiger partial charge in [-0.15, -0.1) is 22.7 Å². The number of likely N-dealkylation sites (N-methyl/N-ethyl adjacent to an activating group) is 1. The third-order valence-corrected chi connectivity index (χ3v) is 8.55. The Bertz CT molecular complexity index is 858. The zero-order valence-corrected chi connectivity index (χ0v) is 18.1. The van der Waals surface area contributed by atoms with Gasteiger partial charge in [0, 0.05) is 24.5 Å². The van der Waals surface area contributed by atoms with Crippen molar-refractivity contribution >= 4 is 38.4 Å². The van der Waals surface area contributed by atoms with E-state index in [-0.39, 0.29) is 23.5 Å². The van der Waals surface area contributed by atoms with E-state index in [4.69, 9.17) is 0 Å². The SMILES string of the molecule is CCN(CC)CCN(C(=O)c1csc(-c2cccs2)n1)C1CCS(=O)(=O)C1. The standard InChI is InChI=1S/C18H25N3O3S3/c1-3-20(4-2)8-9-21(14-7-11-27(23,24)13-14)18(22)15-12-26-17(19-15)16-6-5-10-25-16/h5-6,10,12,14H,3-4,7-9,11,13H2,1-2H3. The third-order valence-electron chi connectivity index (χ3n) is 4.92. The van der Waals surface area contributed by atoms with E-state index >= 15 is 0 Å². The predicted octanol–water partition coefficient (Wildman–Crippen LogP) is 2.84. The third kappa shape index (κ3) is 4.96. The van der Waals surface area contributed by atoms with Crippen LogP contribution < -0.4 is 0 Å². The van der Waals surface area contributed by atoms with Gasteiger partial charge >= 0.3 is 0 Å². The average Bonchev–Trinajstić information content (AvgIpc) is 3.38. The van der Waals surface area contributed by atoms with Gasteiger partial charge in [0.2, 0.25) is 0 Å². The van der Waals surface area contributed by atoms with Crippen LogP contribution in [0, 0.1) is 0 Å². The fourth-order valence-corrected chi connectivity index (χ4v) is 6.63. The summed E-state index contributed by atoms with van der Waals surface area (Å²) in [5.41, 5.74) is 0.409. The number of thiophene rings is 1. The molecule has 9 heteroatoms. The number of carbonyl (C=O) groups is 1. The number of carbonyl (C=O) groups excluding carboxylic acids is 1. The highest BCUT2D eigenvalue weighted by atomic mass is 32.2. The molecule has 0 spiro atoms. The summed E-state index contributed by atoms with van der Waals surface area (Å²) in [5.74, 6) is 0.0478. The monoisotopic (exact) mass is 427 g/mol. The highest BCUT2D eigenvalue weighted by molar-refractivity contribution is 7.91. The molecule has 1 amide bonds. The maximum Gasteiger partial charge on any atom is 0.273 e. The molecule has 148 valence electrons. The van der Waals surface area contributed by atoms with Crippen LogP contribution >= 0.6 is 22.7 Å². The highest BCUT2D eigenvalue weighted by Crippen LogP contribution is 2.29. The molecule has 1 fully saturated rings. The van der Waals surface area contributed by atoms with Crippen molar-refractivity contribution in [1.29, 1.82) is 0 Å². The summed E-state index contributed by atoms with van der Waals surface area (Å²) < 4.78 is 23.9. The van der Waals surface area contributed by atoms with Crippen molar-refractivity contribution in [2.45, 2.75) is 26.3 Å². The minimum absolute atomic E-state index is 0.0545. The summed E-state index contributed by atoms with van der Waals surface area (Å²) in [4.78, 5) is 22.7. The summed E-state index contributed by atoms with van der Waals surface area (Å²) in [5, 5.41) is 4.60. The summed E-state index contributed by atoms with van der Waals surface area (Å²) in [6, 6.07) is 3.69. The number of amides is 1. The van der Waals surface area contributed by atoms with Gasteiger partial charge in [0.05, 0.1) is 16.4 Å². The van der Waals surface area contributed by atoms with Gasteiger partial charge in [-0.2, -0.15) is 0 Å². The van der Waals surface area contributed by atoms with E-state index in [1.54, 1.807) is 21.6 Å². The van der Waals surface area contributed by atoms with Crippen molar-refractivity contribution in [1.82, 2.24) is 14.8 Å². The molecular weight excluding hydrogens is 402 g/mol. The van der Waals surface area contributed by atoms with Gasteiger partial charge in [0.1, 0.15) is 10.7 Å². The Kier molecular flexibility index (Phi) is 6.67. The molecule has 1 aliphatic rings. The molecule has 3 heterocycles. The Morgan fingerprint density at radius 1 is 1.26 bits per heavy atom. The Morgan fingerprint density at radius 2 is 2.04 bits per heavy atom. The molecule has 2 aromatic rings. The first-order chi connectivity index (χ1) is 12.9. The lowest BCUT2D eigenvalue weighted by molar-refractivity contribution is 0.0669. The quantitative estimate of drug-likeness (QED) is 0.648. The largest absolute Gasteiger partial charge is 0.332 e. The summed E-state index contributed by atoms with van der Waals surface area (Å²) in [7, 11) is -3.06. The van der Waals surface area contributed by atoms with Gasteiger partial charge in [-0.05, 0) is 31.0 Å². The van der Waals surface area contributed by atoms with E-state index in [1.165, 1.54) is 11.3 Å². The zero-order chi connectivity index (χ0) is 19.4. The fraction of sp³-hybridized carbons (Fsp3) is 0.556. The molecular formula is C18H25N3O3S3. The lowest BCUT2D eigenvalue weighted by Crippen LogP contribution is -2.45. The Hall–Kier alpha value is -1.29. The van der Waals surface area contributed by atoms with E-state index in [9.17, 15) is 13.2 Å². The molecule has 1 atom stereocenters. The smallest absolute Gasteiger partial charge is 0.273 e. The van der Waals surface area contributed by atoms with Gasteiger partial charge in [-0.1, -0.05) is 19.9 Å². The summed E-state index contributed by atoms with van der Waals surface area (Å²) >= 11 is 3.04. The maximum atomic E-state index is 13.2. The van der Waals surface area contributed by atoms with Gasteiger partial charge < -0.3 is 9.80 Å². The molecule has 27 heavy (non-hydrogen) atoms. The topological polar surface area (TPSA) is 70.6 Å². The Morgan fingerprint density at radius 3 is 2.63 bits per heavy atom. The van der Waals surface area contributed by atoms with E-state index in [1.807, 2.05) is 17.5 Å². The second-order valence-corrected chi connectivity index (χ2v) is 10.6. The van der Waals surface area contributed by atoms with Crippen molar-refractivity contribution in [3.63, 3.8) is 0 Å². The van der Waals surface area contributed by atoms with Crippen LogP contribution in [0.1, 0.15) is 30.8 Å². The van der Waals surface area contributed by atoms with Gasteiger partial charge in [-0.25, -0.2) is 13.4 Å². The number of thiazole rings is 1. The van der Waals surface area contributed by atoms with E-state index in [0.29, 0.717) is 18.7 Å². The molecule has 2 aromatic heterocycles. The van der Waals surface area contributed by atoms with Crippen LogP contribution in [0.2, 0.25) is 0 Å². The fourth-order valence-electron chi connectivity index (χ4n) is 3.29. The van der Waals surface area contributed by atoms with Crippen molar-refractivity contribution in [2.75, 3.05) is 37.7 Å². The van der Waals surface area contributed by atoms with Crippen LogP contribution in [0.15, 0.2) is 22.9 Å². The molecule has 0 radical (unpaired) electrons. The van der Waals surface area contributed by atoms with Gasteiger partial charge in [0.25, 0.3) is 5.91 Å². The Labute approximate surface area is 168 Å². The average molecular weight is 428 g/mol. The van der Waals surface area contributed by atoms with Crippen LogP contribution in [-0.4, -0.2) is 72.8 Å². The predicted molar refractivity (Wildman–Crippen MR) is 111 cm³/mol. The second kappa shape index (κ2) is 8.81. The lowest BCUT2D eigenvalue weighted by atomic mass is 10.2.